The Kier molecular flexibility index (Phi) is 3.44. The summed E-state index contributed by atoms with van der Waals surface area (Å²) in [4.78, 5) is 0. The molecule has 0 N–H and O–H groups in total. The summed E-state index contributed by atoms with van der Waals surface area (Å²) in [7, 11) is 2.09. The van der Waals surface area contributed by atoms with Gasteiger partial charge in [-0.1, -0.05) is 33.8 Å². The normalized spacial score (nSPS) is 17.9. The van der Waals surface area contributed by atoms with Gasteiger partial charge in [-0.15, -0.1) is 0 Å². The first-order chi connectivity index (χ1) is 13.2. The number of fused-ring (bicyclic) bond motifs is 5. The third-order valence-electron chi connectivity index (χ3n) is 6.86. The molecule has 0 fully saturated rings. The average molecular weight is 374 g/mol. The van der Waals surface area contributed by atoms with Gasteiger partial charge in [0.2, 0.25) is 5.58 Å². The largest absolute Gasteiger partial charge is 0.447 e. The van der Waals surface area contributed by atoms with E-state index in [9.17, 15) is 0 Å². The number of hydrogen-bond acceptors (Lipinski definition) is 1. The van der Waals surface area contributed by atoms with Gasteiger partial charge in [-0.05, 0) is 66.0 Å². The van der Waals surface area contributed by atoms with Crippen LogP contribution in [0.1, 0.15) is 57.4 Å². The standard InChI is InChI=1S/C25H29N2O/c1-16-8-7-14-27(16)23-22-17(11-15-26(23)6)20-19(28-22)10-9-18-21(20)25(4,5)13-12-24(18,2)3/h7-11,14-15H,12-13H2,1-6H3/q+1. The summed E-state index contributed by atoms with van der Waals surface area (Å²) in [5, 5.41) is 2.52. The maximum absolute atomic E-state index is 6.53. The molecule has 3 nitrogen and oxygen atoms in total. The molecule has 3 heterocycles. The van der Waals surface area contributed by atoms with Gasteiger partial charge in [-0.25, -0.2) is 9.13 Å². The summed E-state index contributed by atoms with van der Waals surface area (Å²) >= 11 is 0. The Hall–Kier alpha value is -2.55. The van der Waals surface area contributed by atoms with Crippen molar-refractivity contribution in [3.63, 3.8) is 0 Å². The van der Waals surface area contributed by atoms with Crippen LogP contribution < -0.4 is 4.57 Å². The number of aryl methyl sites for hydroxylation is 2. The second-order valence-electron chi connectivity index (χ2n) is 9.74. The third-order valence-corrected chi connectivity index (χ3v) is 6.86. The number of furan rings is 1. The van der Waals surface area contributed by atoms with Gasteiger partial charge in [-0.3, -0.25) is 0 Å². The van der Waals surface area contributed by atoms with Gasteiger partial charge in [0, 0.05) is 10.8 Å². The molecule has 0 spiro atoms. The van der Waals surface area contributed by atoms with Crippen LogP contribution in [0.15, 0.2) is 47.1 Å². The third kappa shape index (κ3) is 2.25. The molecule has 0 saturated carbocycles. The second-order valence-corrected chi connectivity index (χ2v) is 9.74. The van der Waals surface area contributed by atoms with Gasteiger partial charge >= 0.3 is 5.82 Å². The van der Waals surface area contributed by atoms with E-state index in [1.54, 1.807) is 0 Å². The zero-order chi connectivity index (χ0) is 19.8. The summed E-state index contributed by atoms with van der Waals surface area (Å²) in [6.45, 7) is 11.7. The highest BCUT2D eigenvalue weighted by atomic mass is 16.3. The molecule has 4 aromatic rings. The fraction of sp³-hybridized carbons (Fsp3) is 0.400. The number of hydrogen-bond donors (Lipinski definition) is 0. The molecule has 1 aliphatic rings. The molecule has 0 saturated heterocycles. The van der Waals surface area contributed by atoms with Gasteiger partial charge in [0.1, 0.15) is 11.3 Å². The van der Waals surface area contributed by atoms with Crippen LogP contribution in [-0.2, 0) is 17.9 Å². The fourth-order valence-corrected chi connectivity index (χ4v) is 5.09. The van der Waals surface area contributed by atoms with Gasteiger partial charge in [-0.2, -0.15) is 0 Å². The van der Waals surface area contributed by atoms with Gasteiger partial charge < -0.3 is 4.42 Å². The number of aromatic nitrogens is 2. The van der Waals surface area contributed by atoms with Crippen LogP contribution in [0, 0.1) is 6.92 Å². The molecule has 3 aromatic heterocycles. The van der Waals surface area contributed by atoms with Crippen LogP contribution in [-0.4, -0.2) is 4.57 Å². The SMILES string of the molecule is Cc1cccn1-c1c2oc3ccc4c(c3c2cc[n+]1C)C(C)(C)CCC4(C)C. The maximum Gasteiger partial charge on any atom is 0.330 e. The Balaban J connectivity index is 1.95. The van der Waals surface area contributed by atoms with E-state index in [0.29, 0.717) is 0 Å². The summed E-state index contributed by atoms with van der Waals surface area (Å²) in [6.07, 6.45) is 6.69. The van der Waals surface area contributed by atoms with Crippen molar-refractivity contribution in [1.29, 1.82) is 0 Å². The lowest BCUT2D eigenvalue weighted by molar-refractivity contribution is -0.664. The number of rotatable bonds is 1. The molecule has 0 aliphatic heterocycles. The molecule has 28 heavy (non-hydrogen) atoms. The number of pyridine rings is 1. The van der Waals surface area contributed by atoms with Crippen LogP contribution in [0.4, 0.5) is 0 Å². The predicted molar refractivity (Wildman–Crippen MR) is 114 cm³/mol. The van der Waals surface area contributed by atoms with Crippen LogP contribution in [0.5, 0.6) is 0 Å². The first-order valence-corrected chi connectivity index (χ1v) is 10.2. The van der Waals surface area contributed by atoms with E-state index in [1.165, 1.54) is 40.4 Å². The van der Waals surface area contributed by atoms with Crippen molar-refractivity contribution in [2.45, 2.75) is 58.3 Å². The van der Waals surface area contributed by atoms with Crippen molar-refractivity contribution in [3.05, 3.63) is 59.5 Å². The van der Waals surface area contributed by atoms with Crippen molar-refractivity contribution in [2.75, 3.05) is 0 Å². The molecule has 5 rings (SSSR count). The van der Waals surface area contributed by atoms with Crippen LogP contribution in [0.2, 0.25) is 0 Å². The summed E-state index contributed by atoms with van der Waals surface area (Å²) in [5.41, 5.74) is 6.45. The van der Waals surface area contributed by atoms with E-state index in [0.717, 1.165) is 17.0 Å². The van der Waals surface area contributed by atoms with E-state index in [-0.39, 0.29) is 10.8 Å². The van der Waals surface area contributed by atoms with E-state index >= 15 is 0 Å². The Morgan fingerprint density at radius 2 is 1.75 bits per heavy atom. The van der Waals surface area contributed by atoms with Gasteiger partial charge in [0.15, 0.2) is 0 Å². The molecule has 0 radical (unpaired) electrons. The lowest BCUT2D eigenvalue weighted by Crippen LogP contribution is -2.34. The highest BCUT2D eigenvalue weighted by molar-refractivity contribution is 6.09. The van der Waals surface area contributed by atoms with Gasteiger partial charge in [0.25, 0.3) is 0 Å². The summed E-state index contributed by atoms with van der Waals surface area (Å²) < 4.78 is 10.9. The van der Waals surface area contributed by atoms with Crippen molar-refractivity contribution >= 4 is 21.9 Å². The minimum Gasteiger partial charge on any atom is -0.447 e. The molecule has 144 valence electrons. The zero-order valence-corrected chi connectivity index (χ0v) is 17.8. The van der Waals surface area contributed by atoms with Crippen LogP contribution in [0.25, 0.3) is 27.8 Å². The first kappa shape index (κ1) is 17.5. The summed E-state index contributed by atoms with van der Waals surface area (Å²) in [6, 6.07) is 10.9. The molecule has 3 heteroatoms. The van der Waals surface area contributed by atoms with E-state index in [4.69, 9.17) is 4.42 Å². The van der Waals surface area contributed by atoms with Crippen LogP contribution in [0.3, 0.4) is 0 Å². The molecule has 1 aromatic carbocycles. The summed E-state index contributed by atoms with van der Waals surface area (Å²) in [5.74, 6) is 1.08. The van der Waals surface area contributed by atoms with E-state index in [2.05, 4.69) is 93.5 Å². The van der Waals surface area contributed by atoms with Crippen LogP contribution >= 0.6 is 0 Å². The predicted octanol–water partition coefficient (Wildman–Crippen LogP) is 5.86. The van der Waals surface area contributed by atoms with Crippen molar-refractivity contribution in [3.8, 4) is 5.82 Å². The first-order valence-electron chi connectivity index (χ1n) is 10.2. The minimum absolute atomic E-state index is 0.142. The fourth-order valence-electron chi connectivity index (χ4n) is 5.09. The quantitative estimate of drug-likeness (QED) is 0.383. The average Bonchev–Trinajstić information content (AvgIpc) is 3.21. The highest BCUT2D eigenvalue weighted by Crippen LogP contribution is 2.50. The lowest BCUT2D eigenvalue weighted by Gasteiger charge is -2.42. The molecule has 1 aliphatic carbocycles. The van der Waals surface area contributed by atoms with Crippen molar-refractivity contribution in [1.82, 2.24) is 4.57 Å². The second kappa shape index (κ2) is 5.50. The monoisotopic (exact) mass is 373 g/mol. The number of nitrogens with zero attached hydrogens (tertiary/aromatic N) is 2. The maximum atomic E-state index is 6.53. The Morgan fingerprint density at radius 3 is 2.46 bits per heavy atom. The zero-order valence-electron chi connectivity index (χ0n) is 17.8. The van der Waals surface area contributed by atoms with E-state index < -0.39 is 0 Å². The molecule has 0 bridgehead atoms. The number of benzene rings is 1. The Morgan fingerprint density at radius 1 is 1.00 bits per heavy atom. The lowest BCUT2D eigenvalue weighted by atomic mass is 9.62. The molecule has 0 atom stereocenters. The Labute approximate surface area is 166 Å². The molecule has 0 amide bonds. The molecular formula is C25H29N2O+. The minimum atomic E-state index is 0.142. The topological polar surface area (TPSA) is 21.9 Å². The van der Waals surface area contributed by atoms with Crippen molar-refractivity contribution < 1.29 is 8.98 Å². The van der Waals surface area contributed by atoms with E-state index in [1.807, 2.05) is 0 Å². The molecule has 0 unspecified atom stereocenters. The van der Waals surface area contributed by atoms with Gasteiger partial charge in [0.05, 0.1) is 19.4 Å². The Bertz CT molecular complexity index is 1240. The van der Waals surface area contributed by atoms with Crippen molar-refractivity contribution in [2.24, 2.45) is 7.05 Å². The highest BCUT2D eigenvalue weighted by Gasteiger charge is 2.39. The molecular weight excluding hydrogens is 344 g/mol. The smallest absolute Gasteiger partial charge is 0.330 e.